The van der Waals surface area contributed by atoms with Gasteiger partial charge in [-0.1, -0.05) is 6.92 Å². The zero-order valence-corrected chi connectivity index (χ0v) is 8.51. The van der Waals surface area contributed by atoms with E-state index < -0.39 is 18.7 Å². The van der Waals surface area contributed by atoms with Gasteiger partial charge in [0.05, 0.1) is 25.9 Å². The van der Waals surface area contributed by atoms with Crippen molar-refractivity contribution in [3.63, 3.8) is 0 Å². The average molecular weight is 225 g/mol. The summed E-state index contributed by atoms with van der Waals surface area (Å²) in [6.45, 7) is 2.19. The smallest absolute Gasteiger partial charge is 0.379 e. The van der Waals surface area contributed by atoms with Crippen LogP contribution in [0.4, 0.5) is 13.2 Å². The van der Waals surface area contributed by atoms with E-state index in [1.54, 1.807) is 0 Å². The summed E-state index contributed by atoms with van der Waals surface area (Å²) in [7, 11) is 0. The fraction of sp³-hybridized carbons (Fsp3) is 0.889. The second-order valence-corrected chi connectivity index (χ2v) is 2.91. The molecular weight excluding hydrogens is 211 g/mol. The van der Waals surface area contributed by atoms with E-state index in [-0.39, 0.29) is 13.2 Å². The molecule has 0 saturated carbocycles. The maximum atomic E-state index is 12.0. The molecule has 0 bridgehead atoms. The van der Waals surface area contributed by atoms with Crippen LogP contribution in [-0.4, -0.2) is 32.6 Å². The minimum absolute atomic E-state index is 0.0776. The van der Waals surface area contributed by atoms with Crippen molar-refractivity contribution in [2.24, 2.45) is 5.92 Å². The van der Waals surface area contributed by atoms with Crippen LogP contribution in [0, 0.1) is 17.2 Å². The zero-order valence-electron chi connectivity index (χ0n) is 8.51. The van der Waals surface area contributed by atoms with Gasteiger partial charge in [0.1, 0.15) is 0 Å². The van der Waals surface area contributed by atoms with Crippen molar-refractivity contribution < 1.29 is 22.6 Å². The van der Waals surface area contributed by atoms with Gasteiger partial charge in [-0.25, -0.2) is 0 Å². The highest BCUT2D eigenvalue weighted by molar-refractivity contribution is 4.88. The van der Waals surface area contributed by atoms with Gasteiger partial charge in [0, 0.05) is 6.61 Å². The molecule has 1 unspecified atom stereocenters. The van der Waals surface area contributed by atoms with Crippen LogP contribution < -0.4 is 0 Å². The van der Waals surface area contributed by atoms with Crippen LogP contribution in [0.1, 0.15) is 13.3 Å². The molecule has 0 fully saturated rings. The summed E-state index contributed by atoms with van der Waals surface area (Å²) < 4.78 is 45.7. The van der Waals surface area contributed by atoms with Gasteiger partial charge in [-0.05, 0) is 6.42 Å². The van der Waals surface area contributed by atoms with Crippen LogP contribution in [0.25, 0.3) is 0 Å². The number of rotatable bonds is 7. The molecule has 0 spiro atoms. The van der Waals surface area contributed by atoms with Crippen molar-refractivity contribution >= 4 is 0 Å². The van der Waals surface area contributed by atoms with Crippen LogP contribution >= 0.6 is 0 Å². The van der Waals surface area contributed by atoms with Crippen LogP contribution in [0.3, 0.4) is 0 Å². The van der Waals surface area contributed by atoms with Crippen LogP contribution in [0.2, 0.25) is 0 Å². The highest BCUT2D eigenvalue weighted by atomic mass is 19.4. The number of nitrogens with zero attached hydrogens (tertiary/aromatic N) is 1. The summed E-state index contributed by atoms with van der Waals surface area (Å²) in [5, 5.41) is 8.22. The van der Waals surface area contributed by atoms with Gasteiger partial charge in [0.2, 0.25) is 0 Å². The summed E-state index contributed by atoms with van der Waals surface area (Å²) in [6.07, 6.45) is -3.66. The number of ether oxygens (including phenoxy) is 2. The molecule has 0 aliphatic carbocycles. The third-order valence-electron chi connectivity index (χ3n) is 1.56. The second kappa shape index (κ2) is 7.49. The van der Waals surface area contributed by atoms with E-state index in [1.165, 1.54) is 0 Å². The Bertz CT molecular complexity index is 201. The molecule has 15 heavy (non-hydrogen) atoms. The Morgan fingerprint density at radius 2 is 1.80 bits per heavy atom. The van der Waals surface area contributed by atoms with Crippen molar-refractivity contribution in [1.82, 2.24) is 0 Å². The predicted octanol–water partition coefficient (Wildman–Crippen LogP) is 2.13. The molecule has 0 aromatic heterocycles. The number of halogens is 3. The summed E-state index contributed by atoms with van der Waals surface area (Å²) >= 11 is 0. The molecule has 6 heteroatoms. The summed E-state index contributed by atoms with van der Waals surface area (Å²) in [4.78, 5) is 0. The van der Waals surface area contributed by atoms with Crippen LogP contribution in [0.15, 0.2) is 0 Å². The molecule has 3 nitrogen and oxygen atoms in total. The van der Waals surface area contributed by atoms with E-state index in [0.29, 0.717) is 6.61 Å². The first kappa shape index (κ1) is 14.2. The highest BCUT2D eigenvalue weighted by Gasteiger charge is 2.39. The first-order valence-electron chi connectivity index (χ1n) is 4.64. The van der Waals surface area contributed by atoms with Crippen LogP contribution in [0.5, 0.6) is 0 Å². The van der Waals surface area contributed by atoms with Crippen molar-refractivity contribution in [1.29, 1.82) is 5.26 Å². The number of alkyl halides is 3. The van der Waals surface area contributed by atoms with Gasteiger partial charge in [-0.15, -0.1) is 0 Å². The summed E-state index contributed by atoms with van der Waals surface area (Å²) in [6, 6.07) is 1.15. The Balaban J connectivity index is 3.53. The third kappa shape index (κ3) is 7.17. The zero-order chi connectivity index (χ0) is 11.7. The monoisotopic (exact) mass is 225 g/mol. The van der Waals surface area contributed by atoms with E-state index in [0.717, 1.165) is 12.5 Å². The fourth-order valence-corrected chi connectivity index (χ4v) is 0.770. The Hall–Kier alpha value is -0.800. The van der Waals surface area contributed by atoms with Gasteiger partial charge in [0.25, 0.3) is 0 Å². The molecule has 1 atom stereocenters. The molecular formula is C9H14F3NO2. The maximum Gasteiger partial charge on any atom is 0.406 e. The van der Waals surface area contributed by atoms with Crippen LogP contribution in [-0.2, 0) is 9.47 Å². The quantitative estimate of drug-likeness (QED) is 0.623. The molecule has 0 aromatic carbocycles. The predicted molar refractivity (Wildman–Crippen MR) is 47.1 cm³/mol. The van der Waals surface area contributed by atoms with E-state index in [9.17, 15) is 13.2 Å². The highest BCUT2D eigenvalue weighted by Crippen LogP contribution is 2.25. The number of nitriles is 1. The molecule has 0 saturated heterocycles. The van der Waals surface area contributed by atoms with Gasteiger partial charge >= 0.3 is 6.18 Å². The average Bonchev–Trinajstić information content (AvgIpc) is 2.15. The lowest BCUT2D eigenvalue weighted by molar-refractivity contribution is -0.172. The van der Waals surface area contributed by atoms with Crippen molar-refractivity contribution in [3.05, 3.63) is 0 Å². The van der Waals surface area contributed by atoms with Gasteiger partial charge < -0.3 is 9.47 Å². The first-order valence-corrected chi connectivity index (χ1v) is 4.64. The number of hydrogen-bond donors (Lipinski definition) is 0. The van der Waals surface area contributed by atoms with E-state index in [4.69, 9.17) is 14.7 Å². The molecule has 0 aromatic rings. The molecule has 0 N–H and O–H groups in total. The third-order valence-corrected chi connectivity index (χ3v) is 1.56. The van der Waals surface area contributed by atoms with Gasteiger partial charge in [-0.2, -0.15) is 18.4 Å². The summed E-state index contributed by atoms with van der Waals surface area (Å²) in [5.74, 6) is -2.05. The second-order valence-electron chi connectivity index (χ2n) is 2.91. The minimum atomic E-state index is -4.51. The normalized spacial score (nSPS) is 13.5. The summed E-state index contributed by atoms with van der Waals surface area (Å²) in [5.41, 5.74) is 0. The molecule has 0 heterocycles. The number of hydrogen-bond acceptors (Lipinski definition) is 3. The molecule has 88 valence electrons. The molecule has 0 aliphatic heterocycles. The first-order chi connectivity index (χ1) is 7.02. The largest absolute Gasteiger partial charge is 0.406 e. The molecule has 0 radical (unpaired) electrons. The Morgan fingerprint density at radius 1 is 1.20 bits per heavy atom. The van der Waals surface area contributed by atoms with Crippen molar-refractivity contribution in [2.75, 3.05) is 26.4 Å². The Kier molecular flexibility index (Phi) is 7.09. The maximum absolute atomic E-state index is 12.0. The topological polar surface area (TPSA) is 42.2 Å². The molecule has 0 aliphatic rings. The Labute approximate surface area is 86.8 Å². The van der Waals surface area contributed by atoms with Gasteiger partial charge in [0.15, 0.2) is 5.92 Å². The molecule has 0 rings (SSSR count). The molecule has 0 amide bonds. The van der Waals surface area contributed by atoms with E-state index >= 15 is 0 Å². The lowest BCUT2D eigenvalue weighted by Crippen LogP contribution is -2.26. The van der Waals surface area contributed by atoms with Gasteiger partial charge in [-0.3, -0.25) is 0 Å². The lowest BCUT2D eigenvalue weighted by Gasteiger charge is -2.13. The SMILES string of the molecule is CCCOCCOCC(C#N)C(F)(F)F. The van der Waals surface area contributed by atoms with E-state index in [2.05, 4.69) is 0 Å². The van der Waals surface area contributed by atoms with Crippen molar-refractivity contribution in [2.45, 2.75) is 19.5 Å². The fourth-order valence-electron chi connectivity index (χ4n) is 0.770. The standard InChI is InChI=1S/C9H14F3NO2/c1-2-3-14-4-5-15-7-8(6-13)9(10,11)12/h8H,2-5,7H2,1H3. The van der Waals surface area contributed by atoms with Crippen molar-refractivity contribution in [3.8, 4) is 6.07 Å². The lowest BCUT2D eigenvalue weighted by atomic mass is 10.2. The minimum Gasteiger partial charge on any atom is -0.379 e. The van der Waals surface area contributed by atoms with E-state index in [1.807, 2.05) is 6.92 Å². The Morgan fingerprint density at radius 3 is 2.27 bits per heavy atom.